The Balaban J connectivity index is 1.46. The van der Waals surface area contributed by atoms with Crippen molar-refractivity contribution in [2.75, 3.05) is 18.0 Å². The van der Waals surface area contributed by atoms with Crippen molar-refractivity contribution < 1.29 is 17.9 Å². The summed E-state index contributed by atoms with van der Waals surface area (Å²) >= 11 is 0. The Labute approximate surface area is 203 Å². The van der Waals surface area contributed by atoms with E-state index < -0.39 is 23.0 Å². The van der Waals surface area contributed by atoms with Crippen LogP contribution in [-0.4, -0.2) is 48.7 Å². The van der Waals surface area contributed by atoms with Gasteiger partial charge in [0, 0.05) is 37.0 Å². The molecule has 6 rings (SSSR count). The van der Waals surface area contributed by atoms with Crippen LogP contribution in [0.5, 0.6) is 0 Å². The number of benzene rings is 1. The predicted octanol–water partition coefficient (Wildman–Crippen LogP) is 3.31. The summed E-state index contributed by atoms with van der Waals surface area (Å²) in [4.78, 5) is 23.8. The van der Waals surface area contributed by atoms with Gasteiger partial charge < -0.3 is 9.64 Å². The van der Waals surface area contributed by atoms with Gasteiger partial charge in [-0.25, -0.2) is 27.8 Å². The topological polar surface area (TPSA) is 91.0 Å². The molecule has 0 spiro atoms. The van der Waals surface area contributed by atoms with Gasteiger partial charge in [-0.05, 0) is 25.8 Å². The first-order chi connectivity index (χ1) is 17.3. The molecule has 4 heterocycles. The summed E-state index contributed by atoms with van der Waals surface area (Å²) in [5, 5.41) is 8.56. The molecule has 2 aliphatic rings. The quantitative estimate of drug-likeness (QED) is 0.400. The van der Waals surface area contributed by atoms with Crippen molar-refractivity contribution >= 4 is 16.9 Å². The minimum Gasteiger partial charge on any atom is -0.367 e. The Kier molecular flexibility index (Phi) is 5.29. The fraction of sp³-hybridized carbons (Fsp3) is 0.375. The largest absolute Gasteiger partial charge is 0.367 e. The number of hydrogen-bond donors (Lipinski definition) is 0. The van der Waals surface area contributed by atoms with E-state index in [0.717, 1.165) is 29.2 Å². The smallest absolute Gasteiger partial charge is 0.293 e. The number of halogens is 3. The van der Waals surface area contributed by atoms with Gasteiger partial charge in [0.1, 0.15) is 17.4 Å². The van der Waals surface area contributed by atoms with Crippen LogP contribution < -0.4 is 10.5 Å². The van der Waals surface area contributed by atoms with Gasteiger partial charge in [0.05, 0.1) is 42.2 Å². The molecular formula is C24H22F3N7O2. The summed E-state index contributed by atoms with van der Waals surface area (Å²) in [5.74, 6) is -3.41. The molecule has 1 aromatic carbocycles. The van der Waals surface area contributed by atoms with Crippen molar-refractivity contribution in [3.05, 3.63) is 64.1 Å². The lowest BCUT2D eigenvalue weighted by molar-refractivity contribution is -0.0178. The summed E-state index contributed by atoms with van der Waals surface area (Å²) in [7, 11) is 1.46. The lowest BCUT2D eigenvalue weighted by atomic mass is 10.1. The second-order valence-electron chi connectivity index (χ2n) is 9.28. The van der Waals surface area contributed by atoms with Gasteiger partial charge in [-0.2, -0.15) is 10.2 Å². The first kappa shape index (κ1) is 22.7. The van der Waals surface area contributed by atoms with Gasteiger partial charge >= 0.3 is 0 Å². The molecule has 36 heavy (non-hydrogen) atoms. The Morgan fingerprint density at radius 3 is 2.56 bits per heavy atom. The van der Waals surface area contributed by atoms with Crippen LogP contribution >= 0.6 is 0 Å². The Morgan fingerprint density at radius 1 is 1.00 bits per heavy atom. The average molecular weight is 497 g/mol. The van der Waals surface area contributed by atoms with Gasteiger partial charge in [-0.3, -0.25) is 9.48 Å². The molecular weight excluding hydrogens is 475 g/mol. The van der Waals surface area contributed by atoms with E-state index in [2.05, 4.69) is 20.2 Å². The van der Waals surface area contributed by atoms with Crippen molar-refractivity contribution in [1.82, 2.24) is 29.5 Å². The van der Waals surface area contributed by atoms with Crippen molar-refractivity contribution in [2.45, 2.75) is 38.0 Å². The highest BCUT2D eigenvalue weighted by atomic mass is 19.2. The fourth-order valence-corrected chi connectivity index (χ4v) is 4.50. The van der Waals surface area contributed by atoms with Gasteiger partial charge in [-0.1, -0.05) is 0 Å². The number of fused-ring (bicyclic) bond motifs is 1. The first-order valence-electron chi connectivity index (χ1n) is 11.6. The highest BCUT2D eigenvalue weighted by molar-refractivity contribution is 5.92. The van der Waals surface area contributed by atoms with Crippen molar-refractivity contribution in [2.24, 2.45) is 7.05 Å². The van der Waals surface area contributed by atoms with Gasteiger partial charge in [-0.15, -0.1) is 0 Å². The zero-order chi connectivity index (χ0) is 25.1. The summed E-state index contributed by atoms with van der Waals surface area (Å²) in [5.41, 5.74) is 0.0408. The minimum absolute atomic E-state index is 0.00567. The van der Waals surface area contributed by atoms with E-state index in [1.54, 1.807) is 6.20 Å². The maximum absolute atomic E-state index is 14.8. The van der Waals surface area contributed by atoms with Gasteiger partial charge in [0.15, 0.2) is 11.6 Å². The van der Waals surface area contributed by atoms with E-state index in [4.69, 9.17) is 4.74 Å². The summed E-state index contributed by atoms with van der Waals surface area (Å²) in [6.07, 6.45) is 6.74. The molecule has 12 heteroatoms. The van der Waals surface area contributed by atoms with Crippen LogP contribution in [0.4, 0.5) is 19.1 Å². The molecule has 186 valence electrons. The molecule has 9 nitrogen and oxygen atoms in total. The van der Waals surface area contributed by atoms with E-state index in [1.165, 1.54) is 13.2 Å². The lowest BCUT2D eigenvalue weighted by Gasteiger charge is -2.36. The number of anilines is 1. The highest BCUT2D eigenvalue weighted by Crippen LogP contribution is 2.36. The Morgan fingerprint density at radius 2 is 1.78 bits per heavy atom. The molecule has 1 aliphatic heterocycles. The zero-order valence-electron chi connectivity index (χ0n) is 19.5. The Bertz CT molecular complexity index is 1550. The standard InChI is InChI=1S/C24H22F3N7O2/c1-12-9-33(11-20(36-12)13-7-29-34(10-13)14-3-4-14)24-30-21(15-5-18(26)19(27)6-17(15)25)16-8-28-32(2)23(35)22(16)31-24/h5-8,10,12,14,20H,3-4,9,11H2,1-2H3/t12-,20+/m1/s1. The van der Waals surface area contributed by atoms with E-state index >= 15 is 0 Å². The number of hydrogen-bond acceptors (Lipinski definition) is 7. The van der Waals surface area contributed by atoms with E-state index in [9.17, 15) is 18.0 Å². The number of aryl methyl sites for hydroxylation is 1. The van der Waals surface area contributed by atoms with Crippen LogP contribution in [-0.2, 0) is 11.8 Å². The number of nitrogens with zero attached hydrogens (tertiary/aromatic N) is 7. The van der Waals surface area contributed by atoms with Crippen LogP contribution in [0.1, 0.15) is 37.5 Å². The van der Waals surface area contributed by atoms with Crippen molar-refractivity contribution in [3.63, 3.8) is 0 Å². The SMILES string of the molecule is C[C@@H]1CN(c2nc(-c3cc(F)c(F)cc3F)c3cnn(C)c(=O)c3n2)C[C@@H](c2cnn(C3CC3)c2)O1. The molecule has 2 fully saturated rings. The molecule has 1 saturated carbocycles. The molecule has 2 atom stereocenters. The van der Waals surface area contributed by atoms with E-state index in [-0.39, 0.29) is 40.3 Å². The maximum Gasteiger partial charge on any atom is 0.293 e. The van der Waals surface area contributed by atoms with Crippen LogP contribution in [0.2, 0.25) is 0 Å². The molecule has 0 bridgehead atoms. The number of ether oxygens (including phenoxy) is 1. The minimum atomic E-state index is -1.32. The molecule has 1 saturated heterocycles. The molecule has 4 aromatic rings. The third-order valence-electron chi connectivity index (χ3n) is 6.51. The lowest BCUT2D eigenvalue weighted by Crippen LogP contribution is -2.43. The molecule has 0 radical (unpaired) electrons. The Hall–Kier alpha value is -3.80. The van der Waals surface area contributed by atoms with Crippen LogP contribution in [0, 0.1) is 17.5 Å². The molecule has 0 N–H and O–H groups in total. The fourth-order valence-electron chi connectivity index (χ4n) is 4.50. The summed E-state index contributed by atoms with van der Waals surface area (Å²) < 4.78 is 51.7. The van der Waals surface area contributed by atoms with Crippen LogP contribution in [0.3, 0.4) is 0 Å². The molecule has 3 aromatic heterocycles. The normalized spacial score (nSPS) is 20.3. The summed E-state index contributed by atoms with van der Waals surface area (Å²) in [6, 6.07) is 1.61. The average Bonchev–Trinajstić information content (AvgIpc) is 3.59. The summed E-state index contributed by atoms with van der Waals surface area (Å²) in [6.45, 7) is 2.67. The second kappa shape index (κ2) is 8.40. The van der Waals surface area contributed by atoms with Crippen LogP contribution in [0.25, 0.3) is 22.2 Å². The maximum atomic E-state index is 14.8. The number of aromatic nitrogens is 6. The van der Waals surface area contributed by atoms with Crippen molar-refractivity contribution in [1.29, 1.82) is 0 Å². The third-order valence-corrected chi connectivity index (χ3v) is 6.51. The third kappa shape index (κ3) is 3.91. The van der Waals surface area contributed by atoms with E-state index in [0.29, 0.717) is 25.2 Å². The van der Waals surface area contributed by atoms with Crippen molar-refractivity contribution in [3.8, 4) is 11.3 Å². The number of rotatable bonds is 4. The monoisotopic (exact) mass is 497 g/mol. The number of morpholine rings is 1. The zero-order valence-corrected chi connectivity index (χ0v) is 19.5. The van der Waals surface area contributed by atoms with Gasteiger partial charge in [0.25, 0.3) is 5.56 Å². The highest BCUT2D eigenvalue weighted by Gasteiger charge is 2.32. The first-order valence-corrected chi connectivity index (χ1v) is 11.6. The molecule has 0 unspecified atom stereocenters. The van der Waals surface area contributed by atoms with Crippen LogP contribution in [0.15, 0.2) is 35.5 Å². The van der Waals surface area contributed by atoms with E-state index in [1.807, 2.05) is 22.7 Å². The van der Waals surface area contributed by atoms with Gasteiger partial charge in [0.2, 0.25) is 5.95 Å². The predicted molar refractivity (Wildman–Crippen MR) is 124 cm³/mol. The molecule has 1 aliphatic carbocycles. The molecule has 0 amide bonds. The second-order valence-corrected chi connectivity index (χ2v) is 9.28.